The number of rotatable bonds is 8. The highest BCUT2D eigenvalue weighted by molar-refractivity contribution is 7.17. The molecule has 0 aliphatic rings. The van der Waals surface area contributed by atoms with Crippen molar-refractivity contribution in [1.82, 2.24) is 4.98 Å². The second-order valence-corrected chi connectivity index (χ2v) is 6.15. The zero-order chi connectivity index (χ0) is 19.1. The normalized spacial score (nSPS) is 10.2. The maximum Gasteiger partial charge on any atom is 0.350 e. The summed E-state index contributed by atoms with van der Waals surface area (Å²) in [5.74, 6) is -0.790. The second kappa shape index (κ2) is 8.90. The summed E-state index contributed by atoms with van der Waals surface area (Å²) in [6.07, 6.45) is 0.0828. The smallest absolute Gasteiger partial charge is 0.350 e. The number of ether oxygens (including phenoxy) is 1. The van der Waals surface area contributed by atoms with E-state index < -0.39 is 10.9 Å². The summed E-state index contributed by atoms with van der Waals surface area (Å²) >= 11 is 1.04. The number of aromatic nitrogens is 1. The van der Waals surface area contributed by atoms with E-state index in [-0.39, 0.29) is 31.2 Å². The Hall–Kier alpha value is -3.01. The van der Waals surface area contributed by atoms with Crippen LogP contribution in [0.2, 0.25) is 0 Å². The van der Waals surface area contributed by atoms with E-state index in [1.54, 1.807) is 32.0 Å². The fourth-order valence-electron chi connectivity index (χ4n) is 2.11. The molecule has 0 bridgehead atoms. The van der Waals surface area contributed by atoms with Crippen LogP contribution in [0.3, 0.4) is 0 Å². The fourth-order valence-corrected chi connectivity index (χ4v) is 2.99. The average Bonchev–Trinajstić information content (AvgIpc) is 2.95. The van der Waals surface area contributed by atoms with Gasteiger partial charge in [0.1, 0.15) is 10.6 Å². The zero-order valence-electron chi connectivity index (χ0n) is 14.3. The highest BCUT2D eigenvalue weighted by Crippen LogP contribution is 2.24. The molecule has 0 saturated carbocycles. The third-order valence-electron chi connectivity index (χ3n) is 3.27. The first-order chi connectivity index (χ1) is 12.4. The summed E-state index contributed by atoms with van der Waals surface area (Å²) < 4.78 is 4.93. The van der Waals surface area contributed by atoms with E-state index in [0.29, 0.717) is 21.4 Å². The van der Waals surface area contributed by atoms with Gasteiger partial charge in [-0.3, -0.25) is 14.9 Å². The van der Waals surface area contributed by atoms with E-state index in [2.05, 4.69) is 15.6 Å². The maximum absolute atomic E-state index is 12.0. The van der Waals surface area contributed by atoms with Gasteiger partial charge >= 0.3 is 5.97 Å². The molecular weight excluding hydrogens is 360 g/mol. The van der Waals surface area contributed by atoms with Crippen molar-refractivity contribution < 1.29 is 19.2 Å². The van der Waals surface area contributed by atoms with E-state index in [0.717, 1.165) is 11.3 Å². The van der Waals surface area contributed by atoms with Gasteiger partial charge in [0, 0.05) is 19.0 Å². The van der Waals surface area contributed by atoms with Crippen LogP contribution < -0.4 is 10.6 Å². The minimum Gasteiger partial charge on any atom is -0.462 e. The molecule has 0 radical (unpaired) electrons. The van der Waals surface area contributed by atoms with Gasteiger partial charge in [-0.15, -0.1) is 0 Å². The van der Waals surface area contributed by atoms with Gasteiger partial charge < -0.3 is 15.4 Å². The summed E-state index contributed by atoms with van der Waals surface area (Å²) in [4.78, 5) is 38.7. The van der Waals surface area contributed by atoms with Crippen LogP contribution in [0.1, 0.15) is 28.7 Å². The number of nitro groups is 1. The molecule has 1 heterocycles. The van der Waals surface area contributed by atoms with Gasteiger partial charge in [-0.2, -0.15) is 0 Å². The van der Waals surface area contributed by atoms with E-state index in [4.69, 9.17) is 4.74 Å². The molecule has 0 saturated heterocycles. The van der Waals surface area contributed by atoms with Crippen molar-refractivity contribution in [2.45, 2.75) is 20.3 Å². The molecule has 0 unspecified atom stereocenters. The lowest BCUT2D eigenvalue weighted by Gasteiger charge is -2.06. The minimum atomic E-state index is -0.488. The van der Waals surface area contributed by atoms with Crippen LogP contribution in [0.4, 0.5) is 16.5 Å². The summed E-state index contributed by atoms with van der Waals surface area (Å²) in [5, 5.41) is 16.7. The van der Waals surface area contributed by atoms with Gasteiger partial charge in [-0.1, -0.05) is 23.5 Å². The topological polar surface area (TPSA) is 123 Å². The Balaban J connectivity index is 1.89. The van der Waals surface area contributed by atoms with Crippen molar-refractivity contribution in [2.24, 2.45) is 0 Å². The van der Waals surface area contributed by atoms with Crippen LogP contribution in [0.15, 0.2) is 24.3 Å². The molecule has 1 aromatic carbocycles. The Kier molecular flexibility index (Phi) is 6.61. The highest BCUT2D eigenvalue weighted by atomic mass is 32.1. The molecule has 10 heteroatoms. The molecule has 9 nitrogen and oxygen atoms in total. The number of carbonyl (C=O) groups excluding carboxylic acids is 2. The van der Waals surface area contributed by atoms with Gasteiger partial charge in [0.25, 0.3) is 5.69 Å². The van der Waals surface area contributed by atoms with E-state index in [1.165, 1.54) is 6.07 Å². The van der Waals surface area contributed by atoms with Crippen LogP contribution in [-0.4, -0.2) is 34.9 Å². The van der Waals surface area contributed by atoms with Crippen LogP contribution in [0, 0.1) is 17.0 Å². The number of esters is 1. The van der Waals surface area contributed by atoms with Crippen molar-refractivity contribution in [2.75, 3.05) is 23.8 Å². The standard InChI is InChI=1S/C16H18N4O5S/c1-3-25-15(22)14-10(2)18-16(26-14)19-13(21)8-9-17-11-6-4-5-7-12(11)20(23)24/h4-7,17H,3,8-9H2,1-2H3,(H,18,19,21). The van der Waals surface area contributed by atoms with Crippen molar-refractivity contribution in [3.63, 3.8) is 0 Å². The number of aryl methyl sites for hydroxylation is 1. The molecule has 0 aliphatic heterocycles. The molecular formula is C16H18N4O5S. The molecule has 138 valence electrons. The molecule has 0 spiro atoms. The van der Waals surface area contributed by atoms with Gasteiger partial charge in [0.2, 0.25) is 5.91 Å². The van der Waals surface area contributed by atoms with Gasteiger partial charge in [0.05, 0.1) is 17.2 Å². The predicted molar refractivity (Wildman–Crippen MR) is 97.6 cm³/mol. The number of amides is 1. The number of hydrogen-bond acceptors (Lipinski definition) is 8. The molecule has 0 aliphatic carbocycles. The largest absolute Gasteiger partial charge is 0.462 e. The Bertz CT molecular complexity index is 821. The van der Waals surface area contributed by atoms with Gasteiger partial charge in [-0.05, 0) is 19.9 Å². The molecule has 1 amide bonds. The van der Waals surface area contributed by atoms with Crippen molar-refractivity contribution in [3.05, 3.63) is 45.0 Å². The van der Waals surface area contributed by atoms with Crippen molar-refractivity contribution >= 4 is 39.7 Å². The molecule has 1 aromatic heterocycles. The Labute approximate surface area is 153 Å². The first kappa shape index (κ1) is 19.3. The third-order valence-corrected chi connectivity index (χ3v) is 4.32. The fraction of sp³-hybridized carbons (Fsp3) is 0.312. The molecule has 26 heavy (non-hydrogen) atoms. The number of benzene rings is 1. The summed E-state index contributed by atoms with van der Waals surface area (Å²) in [7, 11) is 0. The monoisotopic (exact) mass is 378 g/mol. The predicted octanol–water partition coefficient (Wildman–Crippen LogP) is 2.98. The SMILES string of the molecule is CCOC(=O)c1sc(NC(=O)CCNc2ccccc2[N+](=O)[O-])nc1C. The second-order valence-electron chi connectivity index (χ2n) is 5.15. The summed E-state index contributed by atoms with van der Waals surface area (Å²) in [6.45, 7) is 3.84. The molecule has 2 rings (SSSR count). The van der Waals surface area contributed by atoms with Crippen molar-refractivity contribution in [1.29, 1.82) is 0 Å². The number of thiazole rings is 1. The van der Waals surface area contributed by atoms with Gasteiger partial charge in [0.15, 0.2) is 5.13 Å². The maximum atomic E-state index is 12.0. The molecule has 0 atom stereocenters. The van der Waals surface area contributed by atoms with Crippen LogP contribution >= 0.6 is 11.3 Å². The summed E-state index contributed by atoms with van der Waals surface area (Å²) in [5.41, 5.74) is 0.782. The molecule has 2 N–H and O–H groups in total. The van der Waals surface area contributed by atoms with Crippen LogP contribution in [0.5, 0.6) is 0 Å². The van der Waals surface area contributed by atoms with E-state index in [1.807, 2.05) is 0 Å². The lowest BCUT2D eigenvalue weighted by molar-refractivity contribution is -0.384. The number of hydrogen-bond donors (Lipinski definition) is 2. The van der Waals surface area contributed by atoms with E-state index >= 15 is 0 Å². The number of nitrogens with one attached hydrogen (secondary N) is 2. The summed E-state index contributed by atoms with van der Waals surface area (Å²) in [6, 6.07) is 6.20. The first-order valence-corrected chi connectivity index (χ1v) is 8.65. The number of nitrogens with zero attached hydrogens (tertiary/aromatic N) is 2. The average molecular weight is 378 g/mol. The first-order valence-electron chi connectivity index (χ1n) is 7.84. The Morgan fingerprint density at radius 1 is 1.35 bits per heavy atom. The molecule has 2 aromatic rings. The lowest BCUT2D eigenvalue weighted by atomic mass is 10.2. The van der Waals surface area contributed by atoms with Crippen molar-refractivity contribution in [3.8, 4) is 0 Å². The third kappa shape index (κ3) is 4.99. The zero-order valence-corrected chi connectivity index (χ0v) is 15.1. The number of anilines is 2. The Morgan fingerprint density at radius 3 is 2.77 bits per heavy atom. The number of para-hydroxylation sites is 2. The van der Waals surface area contributed by atoms with Crippen LogP contribution in [0.25, 0.3) is 0 Å². The number of carbonyl (C=O) groups is 2. The highest BCUT2D eigenvalue weighted by Gasteiger charge is 2.17. The molecule has 0 fully saturated rings. The number of nitro benzene ring substituents is 1. The Morgan fingerprint density at radius 2 is 2.08 bits per heavy atom. The van der Waals surface area contributed by atoms with E-state index in [9.17, 15) is 19.7 Å². The lowest BCUT2D eigenvalue weighted by Crippen LogP contribution is -2.16. The minimum absolute atomic E-state index is 0.0532. The van der Waals surface area contributed by atoms with Gasteiger partial charge in [-0.25, -0.2) is 9.78 Å². The van der Waals surface area contributed by atoms with Crippen LogP contribution in [-0.2, 0) is 9.53 Å². The quantitative estimate of drug-likeness (QED) is 0.411.